The van der Waals surface area contributed by atoms with Gasteiger partial charge in [0.2, 0.25) is 0 Å². The van der Waals surface area contributed by atoms with Crippen LogP contribution in [-0.4, -0.2) is 27.5 Å². The van der Waals surface area contributed by atoms with Gasteiger partial charge < -0.3 is 15.6 Å². The van der Waals surface area contributed by atoms with Gasteiger partial charge in [-0.05, 0) is 23.6 Å². The average Bonchev–Trinajstić information content (AvgIpc) is 3.01. The molecule has 1 aliphatic rings. The zero-order valence-corrected chi connectivity index (χ0v) is 10.9. The first-order chi connectivity index (χ1) is 9.63. The minimum atomic E-state index is -1.10. The van der Waals surface area contributed by atoms with E-state index in [1.807, 2.05) is 12.1 Å². The van der Waals surface area contributed by atoms with Gasteiger partial charge in [-0.3, -0.25) is 4.68 Å². The van der Waals surface area contributed by atoms with E-state index in [4.69, 9.17) is 15.6 Å². The summed E-state index contributed by atoms with van der Waals surface area (Å²) < 4.78 is 7.03. The highest BCUT2D eigenvalue weighted by molar-refractivity contribution is 5.91. The maximum absolute atomic E-state index is 10.9. The van der Waals surface area contributed by atoms with Crippen LogP contribution in [0.5, 0.6) is 5.75 Å². The molecule has 0 saturated heterocycles. The number of fused-ring (bicyclic) bond motifs is 1. The van der Waals surface area contributed by atoms with E-state index in [9.17, 15) is 4.79 Å². The van der Waals surface area contributed by atoms with E-state index in [1.165, 1.54) is 11.1 Å². The highest BCUT2D eigenvalue weighted by Gasteiger charge is 2.14. The molecule has 104 valence electrons. The molecule has 2 heterocycles. The Morgan fingerprint density at radius 1 is 1.50 bits per heavy atom. The number of aromatic nitrogens is 2. The fraction of sp³-hybridized carbons (Fsp3) is 0.286. The van der Waals surface area contributed by atoms with E-state index in [0.717, 1.165) is 25.2 Å². The normalized spacial score (nSPS) is 13.0. The lowest BCUT2D eigenvalue weighted by Gasteiger charge is -2.04. The highest BCUT2D eigenvalue weighted by atomic mass is 16.5. The molecule has 0 fully saturated rings. The van der Waals surface area contributed by atoms with Crippen molar-refractivity contribution in [1.82, 2.24) is 9.78 Å². The molecule has 0 bridgehead atoms. The molecule has 0 aliphatic carbocycles. The van der Waals surface area contributed by atoms with Crippen molar-refractivity contribution in [2.45, 2.75) is 19.4 Å². The SMILES string of the molecule is Nc1cn(CCc2ccc3c(c2)CCO3)nc1C(=O)O. The smallest absolute Gasteiger partial charge is 0.358 e. The Kier molecular flexibility index (Phi) is 3.06. The Bertz CT molecular complexity index is 664. The van der Waals surface area contributed by atoms with Crippen LogP contribution in [0.2, 0.25) is 0 Å². The second kappa shape index (κ2) is 4.88. The van der Waals surface area contributed by atoms with Crippen LogP contribution in [0.4, 0.5) is 5.69 Å². The molecular weight excluding hydrogens is 258 g/mol. The Morgan fingerprint density at radius 2 is 2.35 bits per heavy atom. The average molecular weight is 273 g/mol. The van der Waals surface area contributed by atoms with Crippen molar-refractivity contribution < 1.29 is 14.6 Å². The molecule has 0 radical (unpaired) electrons. The van der Waals surface area contributed by atoms with E-state index >= 15 is 0 Å². The van der Waals surface area contributed by atoms with Crippen LogP contribution in [0.3, 0.4) is 0 Å². The minimum Gasteiger partial charge on any atom is -0.493 e. The maximum atomic E-state index is 10.9. The summed E-state index contributed by atoms with van der Waals surface area (Å²) in [4.78, 5) is 10.9. The summed E-state index contributed by atoms with van der Waals surface area (Å²) in [6, 6.07) is 6.14. The molecular formula is C14H15N3O3. The van der Waals surface area contributed by atoms with Gasteiger partial charge in [0.15, 0.2) is 5.69 Å². The van der Waals surface area contributed by atoms with Gasteiger partial charge in [0.25, 0.3) is 0 Å². The van der Waals surface area contributed by atoms with Crippen molar-refractivity contribution in [3.63, 3.8) is 0 Å². The number of nitrogens with two attached hydrogens (primary N) is 1. The molecule has 1 aromatic carbocycles. The molecule has 0 saturated carbocycles. The van der Waals surface area contributed by atoms with Crippen LogP contribution in [-0.2, 0) is 19.4 Å². The molecule has 3 rings (SSSR count). The number of hydrogen-bond acceptors (Lipinski definition) is 4. The summed E-state index contributed by atoms with van der Waals surface area (Å²) in [5, 5.41) is 12.9. The number of carboxylic acids is 1. The number of hydrogen-bond donors (Lipinski definition) is 2. The number of benzene rings is 1. The third-order valence-electron chi connectivity index (χ3n) is 3.38. The van der Waals surface area contributed by atoms with Gasteiger partial charge >= 0.3 is 5.97 Å². The quantitative estimate of drug-likeness (QED) is 0.877. The Morgan fingerprint density at radius 3 is 3.10 bits per heavy atom. The largest absolute Gasteiger partial charge is 0.493 e. The molecule has 6 heteroatoms. The van der Waals surface area contributed by atoms with Crippen LogP contribution in [0, 0.1) is 0 Å². The molecule has 0 atom stereocenters. The number of carbonyl (C=O) groups is 1. The molecule has 1 aliphatic heterocycles. The number of ether oxygens (including phenoxy) is 1. The number of rotatable bonds is 4. The summed E-state index contributed by atoms with van der Waals surface area (Å²) >= 11 is 0. The number of aromatic carboxylic acids is 1. The minimum absolute atomic E-state index is 0.0904. The molecule has 0 unspecified atom stereocenters. The lowest BCUT2D eigenvalue weighted by Crippen LogP contribution is -2.05. The van der Waals surface area contributed by atoms with Gasteiger partial charge in [-0.25, -0.2) is 4.79 Å². The highest BCUT2D eigenvalue weighted by Crippen LogP contribution is 2.26. The fourth-order valence-electron chi connectivity index (χ4n) is 2.36. The summed E-state index contributed by atoms with van der Waals surface area (Å²) in [6.07, 6.45) is 3.27. The van der Waals surface area contributed by atoms with E-state index in [1.54, 1.807) is 10.9 Å². The van der Waals surface area contributed by atoms with Crippen molar-refractivity contribution in [2.24, 2.45) is 0 Å². The third kappa shape index (κ3) is 2.32. The van der Waals surface area contributed by atoms with Gasteiger partial charge in [-0.1, -0.05) is 12.1 Å². The van der Waals surface area contributed by atoms with E-state index in [0.29, 0.717) is 6.54 Å². The van der Waals surface area contributed by atoms with Gasteiger partial charge in [-0.2, -0.15) is 5.10 Å². The molecule has 20 heavy (non-hydrogen) atoms. The summed E-state index contributed by atoms with van der Waals surface area (Å²) in [7, 11) is 0. The van der Waals surface area contributed by atoms with E-state index in [-0.39, 0.29) is 11.4 Å². The lowest BCUT2D eigenvalue weighted by molar-refractivity contribution is 0.0690. The number of nitrogen functional groups attached to an aromatic ring is 1. The third-order valence-corrected chi connectivity index (χ3v) is 3.38. The van der Waals surface area contributed by atoms with Crippen LogP contribution >= 0.6 is 0 Å². The zero-order valence-electron chi connectivity index (χ0n) is 10.9. The predicted octanol–water partition coefficient (Wildman–Crippen LogP) is 1.34. The molecule has 6 nitrogen and oxygen atoms in total. The van der Waals surface area contributed by atoms with Crippen LogP contribution < -0.4 is 10.5 Å². The Labute approximate surface area is 115 Å². The first-order valence-corrected chi connectivity index (χ1v) is 6.44. The number of anilines is 1. The molecule has 3 N–H and O–H groups in total. The van der Waals surface area contributed by atoms with Crippen LogP contribution in [0.15, 0.2) is 24.4 Å². The molecule has 0 spiro atoms. The number of nitrogens with zero attached hydrogens (tertiary/aromatic N) is 2. The second-order valence-corrected chi connectivity index (χ2v) is 4.79. The second-order valence-electron chi connectivity index (χ2n) is 4.79. The van der Waals surface area contributed by atoms with Gasteiger partial charge in [0.1, 0.15) is 5.75 Å². The van der Waals surface area contributed by atoms with Crippen molar-refractivity contribution >= 4 is 11.7 Å². The molecule has 2 aromatic rings. The van der Waals surface area contributed by atoms with Crippen LogP contribution in [0.25, 0.3) is 0 Å². The fourth-order valence-corrected chi connectivity index (χ4v) is 2.36. The summed E-state index contributed by atoms with van der Waals surface area (Å²) in [5.41, 5.74) is 8.12. The van der Waals surface area contributed by atoms with Crippen molar-refractivity contribution in [3.05, 3.63) is 41.2 Å². The lowest BCUT2D eigenvalue weighted by atomic mass is 10.1. The van der Waals surface area contributed by atoms with E-state index in [2.05, 4.69) is 11.2 Å². The summed E-state index contributed by atoms with van der Waals surface area (Å²) in [5.74, 6) is -0.138. The monoisotopic (exact) mass is 273 g/mol. The number of carboxylic acid groups (broad SMARTS) is 1. The first kappa shape index (κ1) is 12.5. The van der Waals surface area contributed by atoms with Crippen molar-refractivity contribution in [2.75, 3.05) is 12.3 Å². The Balaban J connectivity index is 1.70. The van der Waals surface area contributed by atoms with Gasteiger partial charge in [0, 0.05) is 19.2 Å². The topological polar surface area (TPSA) is 90.4 Å². The van der Waals surface area contributed by atoms with Gasteiger partial charge in [-0.15, -0.1) is 0 Å². The first-order valence-electron chi connectivity index (χ1n) is 6.44. The Hall–Kier alpha value is -2.50. The zero-order chi connectivity index (χ0) is 14.1. The predicted molar refractivity (Wildman–Crippen MR) is 72.9 cm³/mol. The standard InChI is InChI=1S/C14H15N3O3/c15-11-8-17(16-13(11)14(18)19)5-3-9-1-2-12-10(7-9)4-6-20-12/h1-2,7-8H,3-6,15H2,(H,18,19). The molecule has 0 amide bonds. The van der Waals surface area contributed by atoms with Crippen molar-refractivity contribution in [1.29, 1.82) is 0 Å². The molecule has 1 aromatic heterocycles. The summed E-state index contributed by atoms with van der Waals surface area (Å²) in [6.45, 7) is 1.34. The van der Waals surface area contributed by atoms with E-state index < -0.39 is 5.97 Å². The van der Waals surface area contributed by atoms with Crippen LogP contribution in [0.1, 0.15) is 21.6 Å². The van der Waals surface area contributed by atoms with Crippen molar-refractivity contribution in [3.8, 4) is 5.75 Å². The number of aryl methyl sites for hydroxylation is 2. The maximum Gasteiger partial charge on any atom is 0.358 e. The van der Waals surface area contributed by atoms with Gasteiger partial charge in [0.05, 0.1) is 12.3 Å².